The van der Waals surface area contributed by atoms with E-state index < -0.39 is 0 Å². The van der Waals surface area contributed by atoms with Gasteiger partial charge in [0.15, 0.2) is 5.75 Å². The van der Waals surface area contributed by atoms with Crippen molar-refractivity contribution in [3.8, 4) is 5.75 Å². The molecule has 1 aromatic carbocycles. The van der Waals surface area contributed by atoms with Crippen molar-refractivity contribution in [2.45, 2.75) is 0 Å². The number of benzene rings is 1. The highest BCUT2D eigenvalue weighted by Gasteiger charge is 2.05. The molecule has 0 saturated heterocycles. The summed E-state index contributed by atoms with van der Waals surface area (Å²) in [6.45, 7) is 0. The highest BCUT2D eigenvalue weighted by Crippen LogP contribution is 2.35. The van der Waals surface area contributed by atoms with Crippen molar-refractivity contribution >= 4 is 28.9 Å². The minimum Gasteiger partial charge on any atom is -0.505 e. The van der Waals surface area contributed by atoms with Gasteiger partial charge in [-0.15, -0.1) is 0 Å². The van der Waals surface area contributed by atoms with Crippen molar-refractivity contribution in [3.05, 3.63) is 22.2 Å². The van der Waals surface area contributed by atoms with Crippen molar-refractivity contribution in [1.82, 2.24) is 0 Å². The first-order chi connectivity index (χ1) is 4.63. The molecular formula is C6H5Cl2NO. The average molecular weight is 178 g/mol. The molecule has 0 aliphatic carbocycles. The lowest BCUT2D eigenvalue weighted by Crippen LogP contribution is -1.85. The number of phenols is 1. The first-order valence-corrected chi connectivity index (χ1v) is 3.31. The van der Waals surface area contributed by atoms with Crippen LogP contribution in [0, 0.1) is 0 Å². The van der Waals surface area contributed by atoms with Crippen LogP contribution in [-0.4, -0.2) is 5.11 Å². The molecular weight excluding hydrogens is 173 g/mol. The molecule has 3 N–H and O–H groups in total. The van der Waals surface area contributed by atoms with Gasteiger partial charge in [-0.1, -0.05) is 23.2 Å². The predicted octanol–water partition coefficient (Wildman–Crippen LogP) is 2.28. The van der Waals surface area contributed by atoms with Crippen molar-refractivity contribution in [1.29, 1.82) is 0 Å². The normalized spacial score (nSPS) is 9.80. The minimum atomic E-state index is -0.164. The van der Waals surface area contributed by atoms with Gasteiger partial charge >= 0.3 is 0 Å². The van der Waals surface area contributed by atoms with E-state index in [9.17, 15) is 0 Å². The molecule has 0 heterocycles. The largest absolute Gasteiger partial charge is 0.505 e. The quantitative estimate of drug-likeness (QED) is 0.598. The summed E-state index contributed by atoms with van der Waals surface area (Å²) < 4.78 is 0. The van der Waals surface area contributed by atoms with E-state index >= 15 is 0 Å². The Hall–Kier alpha value is -0.600. The third-order valence-electron chi connectivity index (χ3n) is 1.10. The summed E-state index contributed by atoms with van der Waals surface area (Å²) in [4.78, 5) is 0. The van der Waals surface area contributed by atoms with Crippen LogP contribution >= 0.6 is 23.2 Å². The number of rotatable bonds is 0. The van der Waals surface area contributed by atoms with Crippen molar-refractivity contribution < 1.29 is 5.11 Å². The molecule has 54 valence electrons. The molecule has 4 heteroatoms. The standard InChI is InChI=1S/C6H5Cl2NO/c7-3-1-2-4(9)5(8)6(3)10/h1-2,10H,9H2. The average Bonchev–Trinajstić information content (AvgIpc) is 1.93. The zero-order chi connectivity index (χ0) is 7.72. The molecule has 0 spiro atoms. The van der Waals surface area contributed by atoms with Gasteiger partial charge in [-0.05, 0) is 12.1 Å². The van der Waals surface area contributed by atoms with Crippen LogP contribution in [0.4, 0.5) is 5.69 Å². The summed E-state index contributed by atoms with van der Waals surface area (Å²) in [5.41, 5.74) is 5.66. The predicted molar refractivity (Wildman–Crippen MR) is 42.5 cm³/mol. The second-order valence-corrected chi connectivity index (χ2v) is 2.58. The lowest BCUT2D eigenvalue weighted by molar-refractivity contribution is 0.476. The number of halogens is 2. The SMILES string of the molecule is Nc1ccc(Cl)c(O)c1Cl. The van der Waals surface area contributed by atoms with E-state index in [4.69, 9.17) is 34.0 Å². The first-order valence-electron chi connectivity index (χ1n) is 2.55. The Morgan fingerprint density at radius 3 is 2.40 bits per heavy atom. The van der Waals surface area contributed by atoms with Crippen molar-refractivity contribution in [3.63, 3.8) is 0 Å². The zero-order valence-electron chi connectivity index (χ0n) is 4.94. The second-order valence-electron chi connectivity index (χ2n) is 1.80. The Labute approximate surface area is 68.2 Å². The van der Waals surface area contributed by atoms with Crippen molar-refractivity contribution in [2.75, 3.05) is 5.73 Å². The van der Waals surface area contributed by atoms with E-state index in [1.54, 1.807) is 0 Å². The molecule has 0 radical (unpaired) electrons. The van der Waals surface area contributed by atoms with E-state index in [1.807, 2.05) is 0 Å². The Morgan fingerprint density at radius 2 is 1.90 bits per heavy atom. The highest BCUT2D eigenvalue weighted by molar-refractivity contribution is 6.38. The third kappa shape index (κ3) is 1.13. The van der Waals surface area contributed by atoms with Crippen LogP contribution < -0.4 is 5.73 Å². The van der Waals surface area contributed by atoms with E-state index in [0.29, 0.717) is 5.69 Å². The maximum atomic E-state index is 9.04. The fraction of sp³-hybridized carbons (Fsp3) is 0. The molecule has 0 saturated carbocycles. The molecule has 0 aliphatic heterocycles. The van der Waals surface area contributed by atoms with E-state index in [1.165, 1.54) is 12.1 Å². The molecule has 2 nitrogen and oxygen atoms in total. The van der Waals surface area contributed by atoms with Gasteiger partial charge in [-0.3, -0.25) is 0 Å². The lowest BCUT2D eigenvalue weighted by atomic mass is 10.3. The van der Waals surface area contributed by atoms with Gasteiger partial charge in [0.2, 0.25) is 0 Å². The summed E-state index contributed by atoms with van der Waals surface area (Å²) in [6.07, 6.45) is 0. The first kappa shape index (κ1) is 7.51. The van der Waals surface area contributed by atoms with Gasteiger partial charge in [-0.2, -0.15) is 0 Å². The Balaban J connectivity index is 3.34. The van der Waals surface area contributed by atoms with Gasteiger partial charge in [0.1, 0.15) is 5.02 Å². The summed E-state index contributed by atoms with van der Waals surface area (Å²) in [7, 11) is 0. The topological polar surface area (TPSA) is 46.2 Å². The summed E-state index contributed by atoms with van der Waals surface area (Å²) in [5, 5.41) is 9.36. The molecule has 0 aliphatic rings. The van der Waals surface area contributed by atoms with Crippen LogP contribution in [0.15, 0.2) is 12.1 Å². The Bertz CT molecular complexity index is 235. The van der Waals surface area contributed by atoms with Crippen LogP contribution in [0.1, 0.15) is 0 Å². The molecule has 0 amide bonds. The highest BCUT2D eigenvalue weighted by atomic mass is 35.5. The van der Waals surface area contributed by atoms with Crippen LogP contribution in [0.3, 0.4) is 0 Å². The summed E-state index contributed by atoms with van der Waals surface area (Å²) in [5.74, 6) is -0.164. The van der Waals surface area contributed by atoms with Crippen LogP contribution in [-0.2, 0) is 0 Å². The maximum absolute atomic E-state index is 9.04. The molecule has 0 fully saturated rings. The fourth-order valence-corrected chi connectivity index (χ4v) is 0.927. The number of phenolic OH excluding ortho intramolecular Hbond substituents is 1. The number of nitrogens with two attached hydrogens (primary N) is 1. The molecule has 0 bridgehead atoms. The monoisotopic (exact) mass is 177 g/mol. The van der Waals surface area contributed by atoms with Crippen LogP contribution in [0.25, 0.3) is 0 Å². The number of hydrogen-bond donors (Lipinski definition) is 2. The molecule has 0 aromatic heterocycles. The van der Waals surface area contributed by atoms with Gasteiger partial charge < -0.3 is 10.8 Å². The van der Waals surface area contributed by atoms with Gasteiger partial charge in [0.25, 0.3) is 0 Å². The number of anilines is 1. The molecule has 0 atom stereocenters. The third-order valence-corrected chi connectivity index (χ3v) is 1.80. The van der Waals surface area contributed by atoms with Crippen molar-refractivity contribution in [2.24, 2.45) is 0 Å². The summed E-state index contributed by atoms with van der Waals surface area (Å²) >= 11 is 11.0. The minimum absolute atomic E-state index is 0.104. The number of aromatic hydroxyl groups is 1. The maximum Gasteiger partial charge on any atom is 0.154 e. The number of nitrogen functional groups attached to an aromatic ring is 1. The van der Waals surface area contributed by atoms with E-state index in [-0.39, 0.29) is 15.8 Å². The van der Waals surface area contributed by atoms with E-state index in [0.717, 1.165) is 0 Å². The summed E-state index contributed by atoms with van der Waals surface area (Å²) in [6, 6.07) is 3.02. The van der Waals surface area contributed by atoms with Gasteiger partial charge in [0, 0.05) is 0 Å². The molecule has 0 unspecified atom stereocenters. The van der Waals surface area contributed by atoms with Crippen LogP contribution in [0.2, 0.25) is 10.0 Å². The van der Waals surface area contributed by atoms with Gasteiger partial charge in [-0.25, -0.2) is 0 Å². The second kappa shape index (κ2) is 2.56. The van der Waals surface area contributed by atoms with E-state index in [2.05, 4.69) is 0 Å². The zero-order valence-corrected chi connectivity index (χ0v) is 6.45. The van der Waals surface area contributed by atoms with Crippen LogP contribution in [0.5, 0.6) is 5.75 Å². The molecule has 1 rings (SSSR count). The Kier molecular flexibility index (Phi) is 1.92. The molecule has 10 heavy (non-hydrogen) atoms. The fourth-order valence-electron chi connectivity index (χ4n) is 0.557. The lowest BCUT2D eigenvalue weighted by Gasteiger charge is -2.00. The Morgan fingerprint density at radius 1 is 1.30 bits per heavy atom. The molecule has 1 aromatic rings. The van der Waals surface area contributed by atoms with Gasteiger partial charge in [0.05, 0.1) is 10.7 Å². The number of hydrogen-bond acceptors (Lipinski definition) is 2. The smallest absolute Gasteiger partial charge is 0.154 e.